The average molecular weight is 225 g/mol. The Morgan fingerprint density at radius 1 is 1.50 bits per heavy atom. The van der Waals surface area contributed by atoms with Gasteiger partial charge in [-0.3, -0.25) is 4.79 Å². The van der Waals surface area contributed by atoms with Gasteiger partial charge in [0.25, 0.3) is 5.88 Å². The Bertz CT molecular complexity index is 387. The Morgan fingerprint density at radius 2 is 2.19 bits per heavy atom. The van der Waals surface area contributed by atoms with Crippen molar-refractivity contribution in [3.05, 3.63) is 22.7 Å². The third-order valence-corrected chi connectivity index (χ3v) is 2.20. The fraction of sp³-hybridized carbons (Fsp3) is 0.636. The zero-order chi connectivity index (χ0) is 12.1. The molecule has 5 heteroatoms. The number of nitrogens with zero attached hydrogens (tertiary/aromatic N) is 2. The first-order valence-corrected chi connectivity index (χ1v) is 5.44. The quantitative estimate of drug-likeness (QED) is 0.805. The van der Waals surface area contributed by atoms with E-state index in [9.17, 15) is 4.79 Å². The molecular weight excluding hydrogens is 206 g/mol. The predicted molar refractivity (Wildman–Crippen MR) is 62.9 cm³/mol. The smallest absolute Gasteiger partial charge is 0.313 e. The Balaban J connectivity index is 2.89. The lowest BCUT2D eigenvalue weighted by Gasteiger charge is -2.15. The van der Waals surface area contributed by atoms with Crippen molar-refractivity contribution in [2.75, 3.05) is 13.6 Å². The van der Waals surface area contributed by atoms with Gasteiger partial charge in [-0.25, -0.2) is 4.98 Å². The van der Waals surface area contributed by atoms with Crippen LogP contribution in [0.15, 0.2) is 17.2 Å². The third-order valence-electron chi connectivity index (χ3n) is 2.20. The minimum Gasteiger partial charge on any atom is -0.469 e. The van der Waals surface area contributed by atoms with Crippen molar-refractivity contribution in [1.82, 2.24) is 14.9 Å². The second-order valence-corrected chi connectivity index (χ2v) is 4.02. The van der Waals surface area contributed by atoms with Crippen LogP contribution in [0.25, 0.3) is 0 Å². The van der Waals surface area contributed by atoms with Crippen molar-refractivity contribution in [3.8, 4) is 5.88 Å². The predicted octanol–water partition coefficient (Wildman–Crippen LogP) is 0.811. The second-order valence-electron chi connectivity index (χ2n) is 4.02. The van der Waals surface area contributed by atoms with E-state index in [1.54, 1.807) is 17.0 Å². The van der Waals surface area contributed by atoms with Crippen LogP contribution in [0.2, 0.25) is 0 Å². The number of ether oxygens (including phenoxy) is 1. The number of hydrogen-bond acceptors (Lipinski definition) is 4. The molecule has 0 saturated heterocycles. The van der Waals surface area contributed by atoms with E-state index < -0.39 is 0 Å². The highest BCUT2D eigenvalue weighted by Crippen LogP contribution is 2.04. The minimum absolute atomic E-state index is 0.0757. The molecule has 1 aromatic rings. The first-order chi connectivity index (χ1) is 7.56. The maximum absolute atomic E-state index is 11.9. The van der Waals surface area contributed by atoms with Gasteiger partial charge in [0, 0.05) is 25.0 Å². The third kappa shape index (κ3) is 3.06. The molecule has 0 spiro atoms. The largest absolute Gasteiger partial charge is 0.469 e. The molecule has 0 bridgehead atoms. The van der Waals surface area contributed by atoms with Gasteiger partial charge < -0.3 is 14.6 Å². The van der Waals surface area contributed by atoms with Crippen molar-refractivity contribution in [2.45, 2.75) is 32.9 Å². The summed E-state index contributed by atoms with van der Waals surface area (Å²) in [4.78, 5) is 15.9. The molecule has 1 N–H and O–H groups in total. The molecule has 5 nitrogen and oxygen atoms in total. The summed E-state index contributed by atoms with van der Waals surface area (Å²) in [6.07, 6.45) is 3.18. The number of likely N-dealkylation sites (N-methyl/N-ethyl adjacent to an activating group) is 1. The molecule has 0 aliphatic carbocycles. The minimum atomic E-state index is -0.180. The maximum atomic E-state index is 11.9. The van der Waals surface area contributed by atoms with Crippen LogP contribution in [-0.2, 0) is 0 Å². The second kappa shape index (κ2) is 5.65. The van der Waals surface area contributed by atoms with Crippen LogP contribution in [0.4, 0.5) is 0 Å². The molecule has 90 valence electrons. The molecule has 1 rings (SSSR count). The Labute approximate surface area is 95.5 Å². The highest BCUT2D eigenvalue weighted by Gasteiger charge is 2.11. The van der Waals surface area contributed by atoms with Crippen LogP contribution >= 0.6 is 0 Å². The average Bonchev–Trinajstić information content (AvgIpc) is 2.21. The summed E-state index contributed by atoms with van der Waals surface area (Å²) >= 11 is 0. The molecule has 0 saturated carbocycles. The molecule has 0 aliphatic heterocycles. The Kier molecular flexibility index (Phi) is 4.49. The van der Waals surface area contributed by atoms with Crippen LogP contribution in [0.3, 0.4) is 0 Å². The lowest BCUT2D eigenvalue weighted by atomic mass is 10.4. The molecule has 16 heavy (non-hydrogen) atoms. The van der Waals surface area contributed by atoms with Gasteiger partial charge >= 0.3 is 5.56 Å². The van der Waals surface area contributed by atoms with Crippen molar-refractivity contribution in [2.24, 2.45) is 0 Å². The molecule has 1 heterocycles. The topological polar surface area (TPSA) is 56.1 Å². The fourth-order valence-electron chi connectivity index (χ4n) is 1.41. The summed E-state index contributed by atoms with van der Waals surface area (Å²) < 4.78 is 7.07. The molecule has 0 aliphatic rings. The molecule has 0 radical (unpaired) electrons. The van der Waals surface area contributed by atoms with Crippen LogP contribution in [-0.4, -0.2) is 29.2 Å². The van der Waals surface area contributed by atoms with E-state index in [1.165, 1.54) is 0 Å². The van der Waals surface area contributed by atoms with Crippen molar-refractivity contribution < 1.29 is 4.74 Å². The van der Waals surface area contributed by atoms with Crippen LogP contribution in [0, 0.1) is 0 Å². The van der Waals surface area contributed by atoms with Crippen molar-refractivity contribution >= 4 is 0 Å². The maximum Gasteiger partial charge on any atom is 0.313 e. The van der Waals surface area contributed by atoms with Gasteiger partial charge in [0.15, 0.2) is 0 Å². The van der Waals surface area contributed by atoms with Crippen LogP contribution in [0.5, 0.6) is 5.88 Å². The van der Waals surface area contributed by atoms with E-state index in [1.807, 2.05) is 27.8 Å². The first kappa shape index (κ1) is 12.7. The molecule has 1 aromatic heterocycles. The van der Waals surface area contributed by atoms with Gasteiger partial charge in [-0.1, -0.05) is 0 Å². The summed E-state index contributed by atoms with van der Waals surface area (Å²) in [6, 6.07) is 0.109. The van der Waals surface area contributed by atoms with Gasteiger partial charge in [0.2, 0.25) is 0 Å². The Morgan fingerprint density at radius 3 is 2.75 bits per heavy atom. The summed E-state index contributed by atoms with van der Waals surface area (Å²) in [6.45, 7) is 6.46. The summed E-state index contributed by atoms with van der Waals surface area (Å²) in [5.74, 6) is 0.166. The van der Waals surface area contributed by atoms with E-state index in [2.05, 4.69) is 10.3 Å². The van der Waals surface area contributed by atoms with Crippen molar-refractivity contribution in [3.63, 3.8) is 0 Å². The Hall–Kier alpha value is -1.36. The number of rotatable bonds is 5. The SMILES string of the molecule is CNCC(C)Oc1nccn(C(C)C)c1=O. The van der Waals surface area contributed by atoms with E-state index in [0.717, 1.165) is 0 Å². The zero-order valence-electron chi connectivity index (χ0n) is 10.2. The zero-order valence-corrected chi connectivity index (χ0v) is 10.2. The van der Waals surface area contributed by atoms with Gasteiger partial charge in [0.1, 0.15) is 6.10 Å². The highest BCUT2D eigenvalue weighted by atomic mass is 16.5. The molecular formula is C11H19N3O2. The van der Waals surface area contributed by atoms with E-state index in [-0.39, 0.29) is 23.6 Å². The number of hydrogen-bond donors (Lipinski definition) is 1. The lowest BCUT2D eigenvalue weighted by molar-refractivity contribution is 0.206. The van der Waals surface area contributed by atoms with E-state index >= 15 is 0 Å². The van der Waals surface area contributed by atoms with Gasteiger partial charge in [0.05, 0.1) is 0 Å². The lowest BCUT2D eigenvalue weighted by Crippen LogP contribution is -2.31. The molecule has 0 fully saturated rings. The fourth-order valence-corrected chi connectivity index (χ4v) is 1.41. The van der Waals surface area contributed by atoms with Gasteiger partial charge in [-0.15, -0.1) is 0 Å². The molecule has 1 atom stereocenters. The number of aromatic nitrogens is 2. The highest BCUT2D eigenvalue weighted by molar-refractivity contribution is 5.05. The van der Waals surface area contributed by atoms with Gasteiger partial charge in [-0.05, 0) is 27.8 Å². The first-order valence-electron chi connectivity index (χ1n) is 5.44. The van der Waals surface area contributed by atoms with E-state index in [0.29, 0.717) is 6.54 Å². The summed E-state index contributed by atoms with van der Waals surface area (Å²) in [7, 11) is 1.84. The standard InChI is InChI=1S/C11H19N3O2/c1-8(2)14-6-5-13-10(11(14)15)16-9(3)7-12-4/h5-6,8-9,12H,7H2,1-4H3. The molecule has 0 amide bonds. The van der Waals surface area contributed by atoms with Crippen LogP contribution < -0.4 is 15.6 Å². The monoisotopic (exact) mass is 225 g/mol. The van der Waals surface area contributed by atoms with Gasteiger partial charge in [-0.2, -0.15) is 0 Å². The molecule has 0 aromatic carbocycles. The normalized spacial score (nSPS) is 12.8. The van der Waals surface area contributed by atoms with Crippen molar-refractivity contribution in [1.29, 1.82) is 0 Å². The van der Waals surface area contributed by atoms with Crippen LogP contribution in [0.1, 0.15) is 26.8 Å². The van der Waals surface area contributed by atoms with E-state index in [4.69, 9.17) is 4.74 Å². The number of nitrogens with one attached hydrogen (secondary N) is 1. The summed E-state index contributed by atoms with van der Waals surface area (Å²) in [5.41, 5.74) is -0.180. The molecule has 1 unspecified atom stereocenters. The summed E-state index contributed by atoms with van der Waals surface area (Å²) in [5, 5.41) is 2.98.